The number of allylic oxidation sites excluding steroid dienone is 1. The molecule has 0 radical (unpaired) electrons. The summed E-state index contributed by atoms with van der Waals surface area (Å²) in [6.45, 7) is 1.75. The van der Waals surface area contributed by atoms with Crippen molar-refractivity contribution in [2.75, 3.05) is 0 Å². The van der Waals surface area contributed by atoms with Crippen molar-refractivity contribution in [3.8, 4) is 0 Å². The highest BCUT2D eigenvalue weighted by Crippen LogP contribution is 2.31. The number of aliphatic hydroxyl groups is 1. The summed E-state index contributed by atoms with van der Waals surface area (Å²) in [4.78, 5) is 10.9. The van der Waals surface area contributed by atoms with E-state index in [0.29, 0.717) is 19.3 Å². The lowest BCUT2D eigenvalue weighted by Crippen LogP contribution is -2.29. The van der Waals surface area contributed by atoms with Crippen LogP contribution in [0.1, 0.15) is 32.6 Å². The van der Waals surface area contributed by atoms with Gasteiger partial charge in [0.2, 0.25) is 0 Å². The van der Waals surface area contributed by atoms with Gasteiger partial charge in [0.15, 0.2) is 0 Å². The van der Waals surface area contributed by atoms with Gasteiger partial charge >= 0.3 is 5.97 Å². The molecule has 0 aromatic heterocycles. The molecular formula is C10H16O3. The molecule has 0 bridgehead atoms. The zero-order valence-electron chi connectivity index (χ0n) is 7.86. The van der Waals surface area contributed by atoms with Crippen LogP contribution in [0.5, 0.6) is 0 Å². The van der Waals surface area contributed by atoms with Gasteiger partial charge in [-0.1, -0.05) is 12.2 Å². The maximum atomic E-state index is 10.9. The molecule has 0 fully saturated rings. The lowest BCUT2D eigenvalue weighted by molar-refractivity contribution is -0.149. The molecule has 0 unspecified atom stereocenters. The predicted molar refractivity (Wildman–Crippen MR) is 49.4 cm³/mol. The Morgan fingerprint density at radius 2 is 2.23 bits per heavy atom. The third-order valence-electron chi connectivity index (χ3n) is 2.73. The minimum atomic E-state index is -0.755. The highest BCUT2D eigenvalue weighted by Gasteiger charge is 2.32. The van der Waals surface area contributed by atoms with Crippen LogP contribution in [0.15, 0.2) is 12.2 Å². The Labute approximate surface area is 78.1 Å². The average molecular weight is 184 g/mol. The molecule has 74 valence electrons. The Kier molecular flexibility index (Phi) is 3.09. The molecule has 0 saturated heterocycles. The zero-order chi connectivity index (χ0) is 9.90. The lowest BCUT2D eigenvalue weighted by atomic mass is 9.79. The van der Waals surface area contributed by atoms with E-state index in [1.54, 1.807) is 13.0 Å². The van der Waals surface area contributed by atoms with Crippen molar-refractivity contribution in [3.63, 3.8) is 0 Å². The van der Waals surface area contributed by atoms with Crippen LogP contribution < -0.4 is 0 Å². The lowest BCUT2D eigenvalue weighted by Gasteiger charge is -2.26. The average Bonchev–Trinajstić information content (AvgIpc) is 2.06. The van der Waals surface area contributed by atoms with Gasteiger partial charge in [-0.2, -0.15) is 0 Å². The van der Waals surface area contributed by atoms with E-state index in [-0.39, 0.29) is 0 Å². The van der Waals surface area contributed by atoms with Gasteiger partial charge in [0.05, 0.1) is 11.5 Å². The predicted octanol–water partition coefficient (Wildman–Crippen LogP) is 1.57. The van der Waals surface area contributed by atoms with E-state index in [0.717, 1.165) is 6.42 Å². The van der Waals surface area contributed by atoms with E-state index < -0.39 is 17.5 Å². The summed E-state index contributed by atoms with van der Waals surface area (Å²) in [5, 5.41) is 18.3. The quantitative estimate of drug-likeness (QED) is 0.608. The Morgan fingerprint density at radius 1 is 1.54 bits per heavy atom. The first-order valence-corrected chi connectivity index (χ1v) is 4.63. The first kappa shape index (κ1) is 10.3. The Hall–Kier alpha value is -0.830. The fourth-order valence-electron chi connectivity index (χ4n) is 1.56. The Balaban J connectivity index is 2.68. The van der Waals surface area contributed by atoms with Crippen LogP contribution in [0.2, 0.25) is 0 Å². The first-order valence-electron chi connectivity index (χ1n) is 4.63. The van der Waals surface area contributed by atoms with Gasteiger partial charge in [-0.05, 0) is 32.6 Å². The molecule has 0 aliphatic heterocycles. The van der Waals surface area contributed by atoms with Crippen molar-refractivity contribution in [1.82, 2.24) is 0 Å². The highest BCUT2D eigenvalue weighted by atomic mass is 16.4. The Morgan fingerprint density at radius 3 is 2.85 bits per heavy atom. The molecule has 0 amide bonds. The first-order chi connectivity index (χ1) is 6.04. The van der Waals surface area contributed by atoms with Gasteiger partial charge in [0.25, 0.3) is 0 Å². The number of hydrogen-bond acceptors (Lipinski definition) is 2. The number of carbonyl (C=O) groups is 1. The monoisotopic (exact) mass is 184 g/mol. The molecule has 0 spiro atoms. The number of aliphatic carboxylic acids is 1. The van der Waals surface area contributed by atoms with Crippen LogP contribution in [0.3, 0.4) is 0 Å². The van der Waals surface area contributed by atoms with Gasteiger partial charge in [-0.15, -0.1) is 0 Å². The second kappa shape index (κ2) is 3.92. The summed E-state index contributed by atoms with van der Waals surface area (Å²) >= 11 is 0. The summed E-state index contributed by atoms with van der Waals surface area (Å²) in [6, 6.07) is 0. The summed E-state index contributed by atoms with van der Waals surface area (Å²) in [5.74, 6) is -0.755. The van der Waals surface area contributed by atoms with E-state index >= 15 is 0 Å². The van der Waals surface area contributed by atoms with E-state index in [1.807, 2.05) is 6.08 Å². The fourth-order valence-corrected chi connectivity index (χ4v) is 1.56. The van der Waals surface area contributed by atoms with Gasteiger partial charge in [-0.25, -0.2) is 0 Å². The molecule has 0 heterocycles. The molecule has 13 heavy (non-hydrogen) atoms. The van der Waals surface area contributed by atoms with Crippen LogP contribution in [-0.2, 0) is 4.79 Å². The normalized spacial score (nSPS) is 37.5. The maximum Gasteiger partial charge on any atom is 0.309 e. The summed E-state index contributed by atoms with van der Waals surface area (Å²) in [6.07, 6.45) is 5.63. The molecule has 0 aromatic carbocycles. The molecule has 3 nitrogen and oxygen atoms in total. The molecule has 1 aliphatic carbocycles. The van der Waals surface area contributed by atoms with E-state index in [4.69, 9.17) is 5.11 Å². The number of carboxylic acid groups (broad SMARTS) is 1. The van der Waals surface area contributed by atoms with Crippen molar-refractivity contribution >= 4 is 5.97 Å². The van der Waals surface area contributed by atoms with Crippen LogP contribution in [0.25, 0.3) is 0 Å². The van der Waals surface area contributed by atoms with Crippen LogP contribution in [-0.4, -0.2) is 22.3 Å². The summed E-state index contributed by atoms with van der Waals surface area (Å²) < 4.78 is 0. The van der Waals surface area contributed by atoms with Crippen molar-refractivity contribution in [3.05, 3.63) is 12.2 Å². The second-order valence-electron chi connectivity index (χ2n) is 3.94. The van der Waals surface area contributed by atoms with E-state index in [1.165, 1.54) is 0 Å². The third-order valence-corrected chi connectivity index (χ3v) is 2.73. The molecule has 2 N–H and O–H groups in total. The molecule has 3 heteroatoms. The second-order valence-corrected chi connectivity index (χ2v) is 3.94. The smallest absolute Gasteiger partial charge is 0.309 e. The van der Waals surface area contributed by atoms with Gasteiger partial charge < -0.3 is 10.2 Å². The zero-order valence-corrected chi connectivity index (χ0v) is 7.86. The third kappa shape index (κ3) is 2.56. The molecule has 2 atom stereocenters. The van der Waals surface area contributed by atoms with Crippen LogP contribution in [0, 0.1) is 5.41 Å². The minimum absolute atomic E-state index is 0.473. The number of hydrogen-bond donors (Lipinski definition) is 2. The molecule has 0 aromatic rings. The number of carboxylic acids is 1. The van der Waals surface area contributed by atoms with Gasteiger partial charge in [0.1, 0.15) is 0 Å². The fraction of sp³-hybridized carbons (Fsp3) is 0.700. The SMILES string of the molecule is C[C@@]1(C(=O)O)CC/C=C\[C@H](O)CC1. The molecule has 1 rings (SSSR count). The van der Waals surface area contributed by atoms with Crippen LogP contribution in [0.4, 0.5) is 0 Å². The maximum absolute atomic E-state index is 10.9. The molecule has 1 aliphatic rings. The van der Waals surface area contributed by atoms with E-state index in [9.17, 15) is 9.90 Å². The van der Waals surface area contributed by atoms with Gasteiger partial charge in [-0.3, -0.25) is 4.79 Å². The summed E-state index contributed by atoms with van der Waals surface area (Å²) in [5.41, 5.74) is -0.661. The summed E-state index contributed by atoms with van der Waals surface area (Å²) in [7, 11) is 0. The van der Waals surface area contributed by atoms with Crippen molar-refractivity contribution < 1.29 is 15.0 Å². The Bertz CT molecular complexity index is 222. The topological polar surface area (TPSA) is 57.5 Å². The van der Waals surface area contributed by atoms with Crippen molar-refractivity contribution in [1.29, 1.82) is 0 Å². The van der Waals surface area contributed by atoms with Crippen molar-refractivity contribution in [2.24, 2.45) is 5.41 Å². The number of aliphatic hydroxyl groups excluding tert-OH is 1. The standard InChI is InChI=1S/C10H16O3/c1-10(9(12)13)6-3-2-4-8(11)5-7-10/h2,4,8,11H,3,5-7H2,1H3,(H,12,13)/b4-2-/t8-,10+/m0/s1. The highest BCUT2D eigenvalue weighted by molar-refractivity contribution is 5.74. The largest absolute Gasteiger partial charge is 0.481 e. The minimum Gasteiger partial charge on any atom is -0.481 e. The van der Waals surface area contributed by atoms with Crippen LogP contribution >= 0.6 is 0 Å². The van der Waals surface area contributed by atoms with E-state index in [2.05, 4.69) is 0 Å². The van der Waals surface area contributed by atoms with Crippen molar-refractivity contribution in [2.45, 2.75) is 38.7 Å². The molecular weight excluding hydrogens is 168 g/mol. The van der Waals surface area contributed by atoms with Gasteiger partial charge in [0, 0.05) is 0 Å². The molecule has 0 saturated carbocycles. The number of rotatable bonds is 1.